The topological polar surface area (TPSA) is 66.2 Å². The fraction of sp³-hybridized carbons (Fsp3) is 0.200. The fourth-order valence-electron chi connectivity index (χ4n) is 2.45. The summed E-state index contributed by atoms with van der Waals surface area (Å²) in [6.45, 7) is 0. The van der Waals surface area contributed by atoms with Crippen molar-refractivity contribution in [1.82, 2.24) is 4.98 Å². The lowest BCUT2D eigenvalue weighted by Crippen LogP contribution is -2.09. The summed E-state index contributed by atoms with van der Waals surface area (Å²) in [5.74, 6) is 0.774. The van der Waals surface area contributed by atoms with Crippen LogP contribution in [0.15, 0.2) is 39.4 Å². The molecule has 0 saturated carbocycles. The maximum absolute atomic E-state index is 11.4. The van der Waals surface area contributed by atoms with E-state index in [1.807, 2.05) is 18.2 Å². The van der Waals surface area contributed by atoms with E-state index in [0.29, 0.717) is 16.5 Å². The molecule has 0 aliphatic heterocycles. The first-order chi connectivity index (χ1) is 10.5. The molecule has 0 bridgehead atoms. The zero-order valence-corrected chi connectivity index (χ0v) is 14.8. The lowest BCUT2D eigenvalue weighted by molar-refractivity contribution is 0.199. The number of benzene rings is 1. The molecule has 2 heterocycles. The molecule has 2 unspecified atom stereocenters. The van der Waals surface area contributed by atoms with Crippen molar-refractivity contribution >= 4 is 49.2 Å². The van der Waals surface area contributed by atoms with Gasteiger partial charge in [0.15, 0.2) is 0 Å². The lowest BCUT2D eigenvalue weighted by atomic mass is 10.1. The van der Waals surface area contributed by atoms with Gasteiger partial charge in [0.25, 0.3) is 0 Å². The molecule has 0 aliphatic carbocycles. The molecule has 2 aromatic heterocycles. The lowest BCUT2D eigenvalue weighted by Gasteiger charge is -2.09. The highest BCUT2D eigenvalue weighted by Crippen LogP contribution is 2.39. The summed E-state index contributed by atoms with van der Waals surface area (Å²) in [6, 6.07) is 7.26. The van der Waals surface area contributed by atoms with Crippen LogP contribution < -0.4 is 0 Å². The minimum absolute atomic E-state index is 0.148. The number of aromatic nitrogens is 1. The molecule has 0 saturated heterocycles. The third-order valence-corrected chi connectivity index (χ3v) is 5.34. The highest BCUT2D eigenvalue weighted by molar-refractivity contribution is 9.10. The van der Waals surface area contributed by atoms with Crippen LogP contribution >= 0.6 is 27.5 Å². The van der Waals surface area contributed by atoms with Gasteiger partial charge in [-0.05, 0) is 40.2 Å². The molecule has 1 aromatic carbocycles. The van der Waals surface area contributed by atoms with Gasteiger partial charge in [-0.2, -0.15) is 0 Å². The molecule has 22 heavy (non-hydrogen) atoms. The number of aliphatic hydroxyl groups excluding tert-OH is 1. The Hall–Kier alpha value is -1.08. The number of hydrogen-bond donors (Lipinski definition) is 2. The van der Waals surface area contributed by atoms with Crippen LogP contribution in [0.5, 0.6) is 0 Å². The van der Waals surface area contributed by atoms with Crippen LogP contribution in [0.1, 0.15) is 11.8 Å². The second-order valence-electron chi connectivity index (χ2n) is 4.96. The molecule has 0 spiro atoms. The Labute approximate surface area is 143 Å². The molecule has 4 nitrogen and oxygen atoms in total. The highest BCUT2D eigenvalue weighted by atomic mass is 79.9. The number of H-pyrrole nitrogens is 1. The maximum atomic E-state index is 11.4. The van der Waals surface area contributed by atoms with E-state index in [-0.39, 0.29) is 5.75 Å². The standard InChI is InChI=1S/C15H13BrClNO3S/c1-22(20)7-12(19)15-14(13-3-2-4-21-13)8-5-10(17)9(16)6-11(8)18-15/h2-6,12,18-19H,7H2,1H3. The molecule has 2 atom stereocenters. The Bertz CT molecular complexity index is 844. The van der Waals surface area contributed by atoms with Crippen LogP contribution in [0.4, 0.5) is 0 Å². The largest absolute Gasteiger partial charge is 0.464 e. The van der Waals surface area contributed by atoms with Crippen LogP contribution in [0.3, 0.4) is 0 Å². The summed E-state index contributed by atoms with van der Waals surface area (Å²) in [7, 11) is -1.12. The third kappa shape index (κ3) is 2.88. The van der Waals surface area contributed by atoms with E-state index in [9.17, 15) is 9.32 Å². The van der Waals surface area contributed by atoms with Gasteiger partial charge in [-0.1, -0.05) is 11.6 Å². The SMILES string of the molecule is CS(=O)CC(O)c1[nH]c2cc(Br)c(Cl)cc2c1-c1ccco1. The van der Waals surface area contributed by atoms with E-state index in [1.54, 1.807) is 18.6 Å². The van der Waals surface area contributed by atoms with Gasteiger partial charge in [0.05, 0.1) is 22.7 Å². The molecule has 3 aromatic rings. The molecular formula is C15H13BrClNO3S. The fourth-order valence-corrected chi connectivity index (χ4v) is 3.57. The van der Waals surface area contributed by atoms with Crippen molar-refractivity contribution in [3.05, 3.63) is 45.7 Å². The maximum Gasteiger partial charge on any atom is 0.136 e. The van der Waals surface area contributed by atoms with Crippen molar-refractivity contribution in [1.29, 1.82) is 0 Å². The summed E-state index contributed by atoms with van der Waals surface area (Å²) in [5.41, 5.74) is 2.14. The molecule has 3 rings (SSSR count). The van der Waals surface area contributed by atoms with E-state index in [4.69, 9.17) is 16.0 Å². The Morgan fingerprint density at radius 2 is 2.27 bits per heavy atom. The van der Waals surface area contributed by atoms with Crippen LogP contribution in [-0.4, -0.2) is 26.3 Å². The molecular weight excluding hydrogens is 390 g/mol. The Morgan fingerprint density at radius 3 is 2.91 bits per heavy atom. The first kappa shape index (κ1) is 15.8. The molecule has 2 N–H and O–H groups in total. The monoisotopic (exact) mass is 401 g/mol. The van der Waals surface area contributed by atoms with E-state index in [1.165, 1.54) is 0 Å². The zero-order chi connectivity index (χ0) is 15.9. The summed E-state index contributed by atoms with van der Waals surface area (Å²) in [6.07, 6.45) is 2.25. The van der Waals surface area contributed by atoms with Crippen LogP contribution in [0.25, 0.3) is 22.2 Å². The van der Waals surface area contributed by atoms with E-state index < -0.39 is 16.9 Å². The van der Waals surface area contributed by atoms with E-state index in [0.717, 1.165) is 20.9 Å². The second kappa shape index (κ2) is 6.20. The highest BCUT2D eigenvalue weighted by Gasteiger charge is 2.22. The molecule has 0 aliphatic rings. The number of nitrogens with one attached hydrogen (secondary N) is 1. The van der Waals surface area contributed by atoms with Crippen molar-refractivity contribution in [2.45, 2.75) is 6.10 Å². The van der Waals surface area contributed by atoms with Crippen molar-refractivity contribution in [3.63, 3.8) is 0 Å². The average Bonchev–Trinajstić information content (AvgIpc) is 3.05. The number of aliphatic hydroxyl groups is 1. The first-order valence-corrected chi connectivity index (χ1v) is 9.39. The van der Waals surface area contributed by atoms with Crippen molar-refractivity contribution < 1.29 is 13.7 Å². The van der Waals surface area contributed by atoms with Gasteiger partial charge in [-0.15, -0.1) is 0 Å². The second-order valence-corrected chi connectivity index (χ2v) is 7.70. The van der Waals surface area contributed by atoms with E-state index >= 15 is 0 Å². The van der Waals surface area contributed by atoms with Crippen LogP contribution in [0, 0.1) is 0 Å². The normalized spacial score (nSPS) is 14.4. The molecule has 0 radical (unpaired) electrons. The van der Waals surface area contributed by atoms with Gasteiger partial charge in [-0.25, -0.2) is 0 Å². The quantitative estimate of drug-likeness (QED) is 0.685. The number of halogens is 2. The predicted molar refractivity (Wildman–Crippen MR) is 92.6 cm³/mol. The summed E-state index contributed by atoms with van der Waals surface area (Å²) in [4.78, 5) is 3.19. The average molecular weight is 403 g/mol. The van der Waals surface area contributed by atoms with Crippen LogP contribution in [-0.2, 0) is 10.8 Å². The Kier molecular flexibility index (Phi) is 4.45. The third-order valence-electron chi connectivity index (χ3n) is 3.36. The molecule has 0 fully saturated rings. The van der Waals surface area contributed by atoms with Gasteiger partial charge in [0.2, 0.25) is 0 Å². The van der Waals surface area contributed by atoms with Crippen molar-refractivity contribution in [3.8, 4) is 11.3 Å². The van der Waals surface area contributed by atoms with Gasteiger partial charge < -0.3 is 14.5 Å². The predicted octanol–water partition coefficient (Wildman–Crippen LogP) is 4.26. The molecule has 7 heteroatoms. The van der Waals surface area contributed by atoms with Gasteiger partial charge in [0.1, 0.15) is 11.9 Å². The summed E-state index contributed by atoms with van der Waals surface area (Å²) in [5, 5.41) is 11.8. The van der Waals surface area contributed by atoms with Gasteiger partial charge >= 0.3 is 0 Å². The van der Waals surface area contributed by atoms with Crippen molar-refractivity contribution in [2.75, 3.05) is 12.0 Å². The Balaban J connectivity index is 2.26. The van der Waals surface area contributed by atoms with Crippen molar-refractivity contribution in [2.24, 2.45) is 0 Å². The first-order valence-electron chi connectivity index (χ1n) is 6.50. The van der Waals surface area contributed by atoms with E-state index in [2.05, 4.69) is 20.9 Å². The number of rotatable bonds is 4. The number of hydrogen-bond acceptors (Lipinski definition) is 3. The van der Waals surface area contributed by atoms with Crippen LogP contribution in [0.2, 0.25) is 5.02 Å². The minimum Gasteiger partial charge on any atom is -0.464 e. The van der Waals surface area contributed by atoms with Gasteiger partial charge in [-0.3, -0.25) is 4.21 Å². The molecule has 0 amide bonds. The molecule has 116 valence electrons. The Morgan fingerprint density at radius 1 is 1.50 bits per heavy atom. The van der Waals surface area contributed by atoms with Gasteiger partial charge in [0, 0.05) is 38.0 Å². The zero-order valence-electron chi connectivity index (χ0n) is 11.6. The minimum atomic E-state index is -1.12. The smallest absolute Gasteiger partial charge is 0.136 e. The summed E-state index contributed by atoms with van der Waals surface area (Å²) >= 11 is 9.58. The number of fused-ring (bicyclic) bond motifs is 1. The number of aromatic amines is 1. The number of furan rings is 1. The summed E-state index contributed by atoms with van der Waals surface area (Å²) < 4.78 is 17.7.